The SMILES string of the molecule is Cc1ccc(C)c(N2CCN(C3CCCCC3NS(=O)(=O)c3ccccc3)CC2)c1. The molecule has 2 fully saturated rings. The van der Waals surface area contributed by atoms with E-state index in [-0.39, 0.29) is 12.1 Å². The van der Waals surface area contributed by atoms with Crippen LogP contribution in [-0.2, 0) is 10.0 Å². The van der Waals surface area contributed by atoms with Crippen LogP contribution in [0.1, 0.15) is 36.8 Å². The van der Waals surface area contributed by atoms with Crippen LogP contribution in [0.5, 0.6) is 0 Å². The average molecular weight is 428 g/mol. The van der Waals surface area contributed by atoms with Crippen LogP contribution in [0.3, 0.4) is 0 Å². The van der Waals surface area contributed by atoms with E-state index >= 15 is 0 Å². The zero-order valence-electron chi connectivity index (χ0n) is 18.0. The molecule has 1 heterocycles. The molecule has 0 spiro atoms. The van der Waals surface area contributed by atoms with E-state index in [4.69, 9.17) is 0 Å². The molecule has 2 aromatic carbocycles. The van der Waals surface area contributed by atoms with Gasteiger partial charge in [0.25, 0.3) is 0 Å². The number of piperazine rings is 1. The fraction of sp³-hybridized carbons (Fsp3) is 0.500. The van der Waals surface area contributed by atoms with E-state index < -0.39 is 10.0 Å². The minimum atomic E-state index is -3.48. The highest BCUT2D eigenvalue weighted by Crippen LogP contribution is 2.28. The molecule has 4 rings (SSSR count). The molecule has 0 amide bonds. The zero-order valence-corrected chi connectivity index (χ0v) is 18.9. The maximum Gasteiger partial charge on any atom is 0.240 e. The van der Waals surface area contributed by atoms with Crippen molar-refractivity contribution in [1.29, 1.82) is 0 Å². The molecule has 5 nitrogen and oxygen atoms in total. The zero-order chi connectivity index (χ0) is 21.1. The number of hydrogen-bond donors (Lipinski definition) is 1. The van der Waals surface area contributed by atoms with Crippen molar-refractivity contribution in [3.8, 4) is 0 Å². The third kappa shape index (κ3) is 4.71. The molecule has 1 aliphatic heterocycles. The first kappa shape index (κ1) is 21.3. The van der Waals surface area contributed by atoms with Crippen molar-refractivity contribution in [2.45, 2.75) is 56.5 Å². The Labute approximate surface area is 181 Å². The largest absolute Gasteiger partial charge is 0.369 e. The fourth-order valence-electron chi connectivity index (χ4n) is 4.91. The topological polar surface area (TPSA) is 52.6 Å². The molecule has 1 saturated carbocycles. The first-order valence-corrected chi connectivity index (χ1v) is 12.6. The van der Waals surface area contributed by atoms with Crippen LogP contribution in [0.4, 0.5) is 5.69 Å². The number of rotatable bonds is 5. The molecule has 1 N–H and O–H groups in total. The van der Waals surface area contributed by atoms with Crippen LogP contribution in [0.2, 0.25) is 0 Å². The summed E-state index contributed by atoms with van der Waals surface area (Å²) >= 11 is 0. The maximum atomic E-state index is 12.9. The van der Waals surface area contributed by atoms with Gasteiger partial charge >= 0.3 is 0 Å². The Kier molecular flexibility index (Phi) is 6.46. The van der Waals surface area contributed by atoms with Crippen molar-refractivity contribution in [1.82, 2.24) is 9.62 Å². The summed E-state index contributed by atoms with van der Waals surface area (Å²) < 4.78 is 28.8. The lowest BCUT2D eigenvalue weighted by Crippen LogP contribution is -2.58. The monoisotopic (exact) mass is 427 g/mol. The van der Waals surface area contributed by atoms with E-state index in [1.165, 1.54) is 23.2 Å². The second kappa shape index (κ2) is 9.08. The van der Waals surface area contributed by atoms with Crippen molar-refractivity contribution < 1.29 is 8.42 Å². The molecule has 2 aliphatic rings. The quantitative estimate of drug-likeness (QED) is 0.790. The Hall–Kier alpha value is -1.89. The van der Waals surface area contributed by atoms with E-state index in [0.717, 1.165) is 45.4 Å². The minimum Gasteiger partial charge on any atom is -0.369 e. The van der Waals surface area contributed by atoms with Crippen molar-refractivity contribution in [3.05, 3.63) is 59.7 Å². The fourth-order valence-corrected chi connectivity index (χ4v) is 6.23. The lowest BCUT2D eigenvalue weighted by Gasteiger charge is -2.45. The predicted molar refractivity (Wildman–Crippen MR) is 123 cm³/mol. The van der Waals surface area contributed by atoms with Gasteiger partial charge in [-0.15, -0.1) is 0 Å². The number of aryl methyl sites for hydroxylation is 2. The van der Waals surface area contributed by atoms with Crippen LogP contribution >= 0.6 is 0 Å². The second-order valence-electron chi connectivity index (χ2n) is 8.71. The number of nitrogens with one attached hydrogen (secondary N) is 1. The predicted octanol–water partition coefficient (Wildman–Crippen LogP) is 3.72. The number of sulfonamides is 1. The Morgan fingerprint density at radius 1 is 0.900 bits per heavy atom. The van der Waals surface area contributed by atoms with Gasteiger partial charge < -0.3 is 4.90 Å². The summed E-state index contributed by atoms with van der Waals surface area (Å²) in [6, 6.07) is 15.6. The Balaban J connectivity index is 1.43. The molecular weight excluding hydrogens is 394 g/mol. The van der Waals surface area contributed by atoms with Crippen molar-refractivity contribution in [3.63, 3.8) is 0 Å². The Bertz CT molecular complexity index is 954. The molecule has 0 radical (unpaired) electrons. The highest BCUT2D eigenvalue weighted by atomic mass is 32.2. The summed E-state index contributed by atoms with van der Waals surface area (Å²) in [5.74, 6) is 0. The third-order valence-corrected chi connectivity index (χ3v) is 8.08. The molecule has 1 saturated heterocycles. The molecule has 30 heavy (non-hydrogen) atoms. The van der Waals surface area contributed by atoms with E-state index in [9.17, 15) is 8.42 Å². The Morgan fingerprint density at radius 3 is 2.33 bits per heavy atom. The van der Waals surface area contributed by atoms with Crippen LogP contribution < -0.4 is 9.62 Å². The standard InChI is InChI=1S/C24H33N3O2S/c1-19-12-13-20(2)24(18-19)27-16-14-26(15-17-27)23-11-7-6-10-22(23)25-30(28,29)21-8-4-3-5-9-21/h3-5,8-9,12-13,18,22-23,25H,6-7,10-11,14-17H2,1-2H3. The van der Waals surface area contributed by atoms with Gasteiger partial charge in [0.05, 0.1) is 4.90 Å². The first-order valence-electron chi connectivity index (χ1n) is 11.1. The average Bonchev–Trinajstić information content (AvgIpc) is 2.76. The summed E-state index contributed by atoms with van der Waals surface area (Å²) in [5, 5.41) is 0. The van der Waals surface area contributed by atoms with E-state index in [0.29, 0.717) is 4.90 Å². The number of hydrogen-bond acceptors (Lipinski definition) is 4. The molecule has 0 bridgehead atoms. The van der Waals surface area contributed by atoms with Crippen molar-refractivity contribution in [2.24, 2.45) is 0 Å². The lowest BCUT2D eigenvalue weighted by atomic mass is 9.89. The van der Waals surface area contributed by atoms with Gasteiger partial charge in [0, 0.05) is 44.0 Å². The highest BCUT2D eigenvalue weighted by molar-refractivity contribution is 7.89. The molecule has 1 aliphatic carbocycles. The van der Waals surface area contributed by atoms with Crippen LogP contribution in [0.25, 0.3) is 0 Å². The van der Waals surface area contributed by atoms with Gasteiger partial charge in [-0.2, -0.15) is 0 Å². The summed E-state index contributed by atoms with van der Waals surface area (Å²) in [7, 11) is -3.48. The summed E-state index contributed by atoms with van der Waals surface area (Å²) in [5.41, 5.74) is 3.94. The van der Waals surface area contributed by atoms with E-state index in [2.05, 4.69) is 46.6 Å². The van der Waals surface area contributed by atoms with Gasteiger partial charge in [-0.1, -0.05) is 43.2 Å². The highest BCUT2D eigenvalue weighted by Gasteiger charge is 2.34. The van der Waals surface area contributed by atoms with Gasteiger partial charge in [0.2, 0.25) is 10.0 Å². The molecule has 2 aromatic rings. The van der Waals surface area contributed by atoms with Crippen LogP contribution in [-0.4, -0.2) is 51.6 Å². The smallest absolute Gasteiger partial charge is 0.240 e. The molecule has 6 heteroatoms. The first-order chi connectivity index (χ1) is 14.4. The van der Waals surface area contributed by atoms with E-state index in [1.807, 2.05) is 6.07 Å². The number of benzene rings is 2. The van der Waals surface area contributed by atoms with Gasteiger partial charge in [0.15, 0.2) is 0 Å². The summed E-state index contributed by atoms with van der Waals surface area (Å²) in [6.45, 7) is 8.24. The third-order valence-electron chi connectivity index (χ3n) is 6.58. The van der Waals surface area contributed by atoms with E-state index in [1.54, 1.807) is 24.3 Å². The lowest BCUT2D eigenvalue weighted by molar-refractivity contribution is 0.124. The maximum absolute atomic E-state index is 12.9. The normalized spacial score (nSPS) is 23.5. The van der Waals surface area contributed by atoms with Gasteiger partial charge in [0.1, 0.15) is 0 Å². The summed E-state index contributed by atoms with van der Waals surface area (Å²) in [6.07, 6.45) is 4.23. The van der Waals surface area contributed by atoms with Crippen LogP contribution in [0.15, 0.2) is 53.4 Å². The minimum absolute atomic E-state index is 0.0174. The molecular formula is C24H33N3O2S. The summed E-state index contributed by atoms with van der Waals surface area (Å²) in [4.78, 5) is 5.35. The van der Waals surface area contributed by atoms with Gasteiger partial charge in [-0.05, 0) is 56.0 Å². The molecule has 0 aromatic heterocycles. The molecule has 2 unspecified atom stereocenters. The number of anilines is 1. The van der Waals surface area contributed by atoms with Gasteiger partial charge in [-0.3, -0.25) is 4.90 Å². The number of nitrogens with zero attached hydrogens (tertiary/aromatic N) is 2. The van der Waals surface area contributed by atoms with Crippen molar-refractivity contribution >= 4 is 15.7 Å². The van der Waals surface area contributed by atoms with Crippen molar-refractivity contribution in [2.75, 3.05) is 31.1 Å². The molecule has 2 atom stereocenters. The van der Waals surface area contributed by atoms with Crippen LogP contribution in [0, 0.1) is 13.8 Å². The Morgan fingerprint density at radius 2 is 1.60 bits per heavy atom. The second-order valence-corrected chi connectivity index (χ2v) is 10.4. The van der Waals surface area contributed by atoms with Gasteiger partial charge in [-0.25, -0.2) is 13.1 Å². The molecule has 162 valence electrons.